The number of nitrogens with zero attached hydrogens (tertiary/aromatic N) is 1. The summed E-state index contributed by atoms with van der Waals surface area (Å²) in [6.45, 7) is 7.28. The number of thioether (sulfide) groups is 1. The minimum atomic E-state index is 0.158. The van der Waals surface area contributed by atoms with Gasteiger partial charge < -0.3 is 19.9 Å². The molecule has 1 saturated heterocycles. The molecule has 2 N–H and O–H groups in total. The maximum atomic E-state index is 12.2. The summed E-state index contributed by atoms with van der Waals surface area (Å²) in [6, 6.07) is 16.8. The van der Waals surface area contributed by atoms with Crippen molar-refractivity contribution >= 4 is 23.4 Å². The van der Waals surface area contributed by atoms with E-state index in [-0.39, 0.29) is 5.91 Å². The third-order valence-corrected chi connectivity index (χ3v) is 6.29. The number of methoxy groups -OCH3 is 1. The van der Waals surface area contributed by atoms with E-state index in [1.165, 1.54) is 21.7 Å². The molecule has 2 aromatic carbocycles. The predicted octanol–water partition coefficient (Wildman–Crippen LogP) is 1.76. The fraction of sp³-hybridized carbons (Fsp3) is 0.435. The van der Waals surface area contributed by atoms with Gasteiger partial charge in [-0.2, -0.15) is 11.8 Å². The first-order chi connectivity index (χ1) is 14.1. The predicted molar refractivity (Wildman–Crippen MR) is 121 cm³/mol. The lowest BCUT2D eigenvalue weighted by molar-refractivity contribution is -0.892. The van der Waals surface area contributed by atoms with Crippen molar-refractivity contribution in [2.24, 2.45) is 0 Å². The molecule has 1 aliphatic heterocycles. The number of rotatable bonds is 9. The molecule has 0 aliphatic carbocycles. The zero-order valence-corrected chi connectivity index (χ0v) is 18.3. The van der Waals surface area contributed by atoms with E-state index in [0.717, 1.165) is 50.0 Å². The molecule has 2 aromatic rings. The van der Waals surface area contributed by atoms with Crippen LogP contribution in [0.15, 0.2) is 48.5 Å². The van der Waals surface area contributed by atoms with Crippen molar-refractivity contribution in [1.29, 1.82) is 0 Å². The van der Waals surface area contributed by atoms with E-state index >= 15 is 0 Å². The summed E-state index contributed by atoms with van der Waals surface area (Å²) >= 11 is 1.86. The molecule has 5 nitrogen and oxygen atoms in total. The van der Waals surface area contributed by atoms with Crippen molar-refractivity contribution in [3.05, 3.63) is 59.7 Å². The Balaban J connectivity index is 1.30. The zero-order valence-electron chi connectivity index (χ0n) is 17.4. The topological polar surface area (TPSA) is 46.0 Å². The monoisotopic (exact) mass is 414 g/mol. The van der Waals surface area contributed by atoms with Gasteiger partial charge in [0, 0.05) is 29.8 Å². The second-order valence-electron chi connectivity index (χ2n) is 7.50. The number of amides is 1. The number of hydrogen-bond donors (Lipinski definition) is 2. The summed E-state index contributed by atoms with van der Waals surface area (Å²) in [7, 11) is 1.70. The highest BCUT2D eigenvalue weighted by Gasteiger charge is 2.22. The second kappa shape index (κ2) is 11.1. The maximum absolute atomic E-state index is 12.2. The van der Waals surface area contributed by atoms with Crippen LogP contribution in [-0.4, -0.2) is 58.0 Å². The zero-order chi connectivity index (χ0) is 20.5. The van der Waals surface area contributed by atoms with E-state index in [4.69, 9.17) is 4.74 Å². The Morgan fingerprint density at radius 2 is 1.93 bits per heavy atom. The van der Waals surface area contributed by atoms with Crippen LogP contribution in [0.5, 0.6) is 5.75 Å². The van der Waals surface area contributed by atoms with Crippen LogP contribution >= 0.6 is 11.8 Å². The average Bonchev–Trinajstić information content (AvgIpc) is 2.75. The highest BCUT2D eigenvalue weighted by molar-refractivity contribution is 7.98. The number of anilines is 1. The Morgan fingerprint density at radius 1 is 1.17 bits per heavy atom. The first-order valence-corrected chi connectivity index (χ1v) is 11.4. The number of benzene rings is 2. The average molecular weight is 415 g/mol. The molecule has 0 spiro atoms. The van der Waals surface area contributed by atoms with Crippen LogP contribution in [0, 0.1) is 6.92 Å². The van der Waals surface area contributed by atoms with Gasteiger partial charge in [0.1, 0.15) is 5.75 Å². The van der Waals surface area contributed by atoms with Gasteiger partial charge >= 0.3 is 0 Å². The Labute approximate surface area is 178 Å². The number of quaternary nitrogens is 1. The van der Waals surface area contributed by atoms with Crippen molar-refractivity contribution in [3.8, 4) is 5.75 Å². The number of carbonyl (C=O) groups excluding carboxylic acids is 1. The van der Waals surface area contributed by atoms with E-state index in [0.29, 0.717) is 6.54 Å². The molecule has 1 fully saturated rings. The van der Waals surface area contributed by atoms with E-state index < -0.39 is 0 Å². The van der Waals surface area contributed by atoms with Crippen LogP contribution in [0.2, 0.25) is 0 Å². The maximum Gasteiger partial charge on any atom is 0.275 e. The number of aryl methyl sites for hydroxylation is 1. The third-order valence-electron chi connectivity index (χ3n) is 5.26. The summed E-state index contributed by atoms with van der Waals surface area (Å²) in [5.41, 5.74) is 3.82. The van der Waals surface area contributed by atoms with Gasteiger partial charge in [-0.05, 0) is 24.6 Å². The quantitative estimate of drug-likeness (QED) is 0.614. The van der Waals surface area contributed by atoms with Gasteiger partial charge in [0.2, 0.25) is 0 Å². The molecule has 156 valence electrons. The summed E-state index contributed by atoms with van der Waals surface area (Å²) in [6.07, 6.45) is 0. The van der Waals surface area contributed by atoms with Crippen LogP contribution in [-0.2, 0) is 10.5 Å². The second-order valence-corrected chi connectivity index (χ2v) is 8.61. The van der Waals surface area contributed by atoms with Gasteiger partial charge in [0.25, 0.3) is 5.91 Å². The molecule has 0 atom stereocenters. The highest BCUT2D eigenvalue weighted by atomic mass is 32.2. The summed E-state index contributed by atoms with van der Waals surface area (Å²) in [4.78, 5) is 16.0. The molecule has 1 heterocycles. The van der Waals surface area contributed by atoms with Gasteiger partial charge in [0.15, 0.2) is 6.54 Å². The van der Waals surface area contributed by atoms with Crippen LogP contribution in [0.1, 0.15) is 11.1 Å². The Kier molecular flexibility index (Phi) is 8.25. The first-order valence-electron chi connectivity index (χ1n) is 10.3. The molecule has 0 aromatic heterocycles. The van der Waals surface area contributed by atoms with Gasteiger partial charge in [-0.3, -0.25) is 4.79 Å². The van der Waals surface area contributed by atoms with Gasteiger partial charge in [-0.1, -0.05) is 35.9 Å². The van der Waals surface area contributed by atoms with Crippen molar-refractivity contribution in [1.82, 2.24) is 5.32 Å². The fourth-order valence-electron chi connectivity index (χ4n) is 3.49. The standard InChI is InChI=1S/C23H31N3O2S/c1-19-6-8-20(9-7-19)18-29-15-10-24-23(27)17-25-11-13-26(14-12-25)21-4-3-5-22(16-21)28-2/h3-9,16H,10-15,17-18H2,1-2H3,(H,24,27)/p+1. The Morgan fingerprint density at radius 3 is 2.66 bits per heavy atom. The number of ether oxygens (including phenoxy) is 1. The van der Waals surface area contributed by atoms with Gasteiger partial charge in [-0.15, -0.1) is 0 Å². The number of carbonyl (C=O) groups is 1. The Hall–Kier alpha value is -2.18. The molecule has 3 rings (SSSR count). The van der Waals surface area contributed by atoms with Crippen LogP contribution in [0.4, 0.5) is 5.69 Å². The minimum absolute atomic E-state index is 0.158. The number of piperazine rings is 1. The van der Waals surface area contributed by atoms with Crippen molar-refractivity contribution in [3.63, 3.8) is 0 Å². The molecule has 0 bridgehead atoms. The Bertz CT molecular complexity index is 774. The molecule has 29 heavy (non-hydrogen) atoms. The number of nitrogens with one attached hydrogen (secondary N) is 2. The lowest BCUT2D eigenvalue weighted by Crippen LogP contribution is -3.16. The highest BCUT2D eigenvalue weighted by Crippen LogP contribution is 2.20. The van der Waals surface area contributed by atoms with E-state index in [1.807, 2.05) is 23.9 Å². The molecule has 0 saturated carbocycles. The van der Waals surface area contributed by atoms with E-state index in [2.05, 4.69) is 53.5 Å². The molecule has 1 amide bonds. The fourth-order valence-corrected chi connectivity index (χ4v) is 4.31. The molecule has 0 unspecified atom stereocenters. The molecule has 6 heteroatoms. The molecular formula is C23H32N3O2S+. The minimum Gasteiger partial charge on any atom is -0.497 e. The van der Waals surface area contributed by atoms with E-state index in [1.54, 1.807) is 7.11 Å². The lowest BCUT2D eigenvalue weighted by Gasteiger charge is -2.33. The normalized spacial score (nSPS) is 14.6. The van der Waals surface area contributed by atoms with Crippen molar-refractivity contribution in [2.75, 3.05) is 57.0 Å². The lowest BCUT2D eigenvalue weighted by atomic mass is 10.2. The summed E-state index contributed by atoms with van der Waals surface area (Å²) in [5, 5.41) is 3.07. The van der Waals surface area contributed by atoms with Crippen LogP contribution < -0.4 is 19.9 Å². The molecular weight excluding hydrogens is 382 g/mol. The molecule has 1 aliphatic rings. The van der Waals surface area contributed by atoms with Crippen molar-refractivity contribution < 1.29 is 14.4 Å². The summed E-state index contributed by atoms with van der Waals surface area (Å²) in [5.74, 6) is 2.98. The van der Waals surface area contributed by atoms with Crippen LogP contribution in [0.25, 0.3) is 0 Å². The molecule has 0 radical (unpaired) electrons. The number of hydrogen-bond acceptors (Lipinski definition) is 4. The first kappa shape index (κ1) is 21.5. The van der Waals surface area contributed by atoms with E-state index in [9.17, 15) is 4.79 Å². The SMILES string of the molecule is COc1cccc(N2CC[NH+](CC(=O)NCCSCc3ccc(C)cc3)CC2)c1. The smallest absolute Gasteiger partial charge is 0.275 e. The summed E-state index contributed by atoms with van der Waals surface area (Å²) < 4.78 is 5.32. The van der Waals surface area contributed by atoms with Gasteiger partial charge in [-0.25, -0.2) is 0 Å². The van der Waals surface area contributed by atoms with Gasteiger partial charge in [0.05, 0.1) is 33.3 Å². The third kappa shape index (κ3) is 6.98. The largest absolute Gasteiger partial charge is 0.497 e. The van der Waals surface area contributed by atoms with Crippen LogP contribution in [0.3, 0.4) is 0 Å². The van der Waals surface area contributed by atoms with Crippen molar-refractivity contribution in [2.45, 2.75) is 12.7 Å².